The van der Waals surface area contributed by atoms with E-state index in [9.17, 15) is 9.59 Å². The Bertz CT molecular complexity index is 1310. The molecule has 4 aromatic rings. The Balaban J connectivity index is 1.56. The van der Waals surface area contributed by atoms with Gasteiger partial charge in [-0.25, -0.2) is 4.98 Å². The molecule has 2 N–H and O–H groups in total. The lowest BCUT2D eigenvalue weighted by Crippen LogP contribution is -2.32. The molecule has 31 heavy (non-hydrogen) atoms. The number of nitrogens with zero attached hydrogens (tertiary/aromatic N) is 2. The summed E-state index contributed by atoms with van der Waals surface area (Å²) in [7, 11) is 3.10. The zero-order valence-corrected chi connectivity index (χ0v) is 17.7. The van der Waals surface area contributed by atoms with Crippen LogP contribution >= 0.6 is 0 Å². The Labute approximate surface area is 178 Å². The van der Waals surface area contributed by atoms with Crippen molar-refractivity contribution >= 4 is 27.8 Å². The van der Waals surface area contributed by atoms with Crippen molar-refractivity contribution in [1.29, 1.82) is 0 Å². The monoisotopic (exact) mass is 420 g/mol. The van der Waals surface area contributed by atoms with E-state index in [0.29, 0.717) is 34.6 Å². The summed E-state index contributed by atoms with van der Waals surface area (Å²) in [5, 5.41) is 3.59. The molecule has 8 nitrogen and oxygen atoms in total. The summed E-state index contributed by atoms with van der Waals surface area (Å²) in [5.41, 5.74) is 3.49. The fraction of sp³-hybridized carbons (Fsp3) is 0.261. The van der Waals surface area contributed by atoms with Gasteiger partial charge in [0.15, 0.2) is 11.5 Å². The van der Waals surface area contributed by atoms with Crippen molar-refractivity contribution in [1.82, 2.24) is 19.9 Å². The van der Waals surface area contributed by atoms with Gasteiger partial charge in [-0.3, -0.25) is 14.2 Å². The minimum atomic E-state index is -0.318. The maximum absolute atomic E-state index is 12.9. The fourth-order valence-corrected chi connectivity index (χ4v) is 3.54. The van der Waals surface area contributed by atoms with Crippen LogP contribution in [-0.2, 0) is 24.3 Å². The first-order valence-electron chi connectivity index (χ1n) is 10.0. The third kappa shape index (κ3) is 3.96. The van der Waals surface area contributed by atoms with Gasteiger partial charge in [0, 0.05) is 18.0 Å². The molecule has 0 aliphatic heterocycles. The standard InChI is InChI=1S/C23H24N4O4/c1-4-14-5-7-15(8-6-14)11-24-20(28)12-27-13-25-21-16-9-18(30-2)19(31-3)10-17(16)26-22(21)23(27)29/h5-10,13,26H,4,11-12H2,1-3H3,(H,24,28). The quantitative estimate of drug-likeness (QED) is 0.479. The van der Waals surface area contributed by atoms with Crippen molar-refractivity contribution < 1.29 is 14.3 Å². The number of rotatable bonds is 7. The van der Waals surface area contributed by atoms with Crippen molar-refractivity contribution in [3.8, 4) is 11.5 Å². The lowest BCUT2D eigenvalue weighted by Gasteiger charge is -2.08. The van der Waals surface area contributed by atoms with Crippen LogP contribution in [0.2, 0.25) is 0 Å². The number of hydrogen-bond acceptors (Lipinski definition) is 5. The smallest absolute Gasteiger partial charge is 0.278 e. The van der Waals surface area contributed by atoms with E-state index >= 15 is 0 Å². The van der Waals surface area contributed by atoms with Gasteiger partial charge in [0.1, 0.15) is 17.6 Å². The molecular weight excluding hydrogens is 396 g/mol. The molecule has 0 saturated heterocycles. The lowest BCUT2D eigenvalue weighted by atomic mass is 10.1. The zero-order chi connectivity index (χ0) is 22.0. The predicted molar refractivity (Wildman–Crippen MR) is 119 cm³/mol. The second kappa shape index (κ2) is 8.51. The minimum Gasteiger partial charge on any atom is -0.493 e. The molecule has 1 amide bonds. The maximum Gasteiger partial charge on any atom is 0.278 e. The molecule has 0 bridgehead atoms. The van der Waals surface area contributed by atoms with Crippen LogP contribution in [0.4, 0.5) is 0 Å². The van der Waals surface area contributed by atoms with Crippen LogP contribution in [-0.4, -0.2) is 34.7 Å². The summed E-state index contributed by atoms with van der Waals surface area (Å²) >= 11 is 0. The normalized spacial score (nSPS) is 11.1. The molecule has 0 saturated carbocycles. The number of H-pyrrole nitrogens is 1. The van der Waals surface area contributed by atoms with Gasteiger partial charge in [0.2, 0.25) is 5.91 Å². The van der Waals surface area contributed by atoms with Crippen LogP contribution in [0.25, 0.3) is 21.9 Å². The summed E-state index contributed by atoms with van der Waals surface area (Å²) in [4.78, 5) is 32.8. The molecule has 8 heteroatoms. The fourth-order valence-electron chi connectivity index (χ4n) is 3.54. The van der Waals surface area contributed by atoms with Gasteiger partial charge < -0.3 is 19.8 Å². The highest BCUT2D eigenvalue weighted by Crippen LogP contribution is 2.34. The number of carbonyl (C=O) groups excluding carboxylic acids is 1. The van der Waals surface area contributed by atoms with Gasteiger partial charge in [-0.1, -0.05) is 31.2 Å². The molecule has 2 aromatic heterocycles. The van der Waals surface area contributed by atoms with Crippen molar-refractivity contribution in [2.45, 2.75) is 26.4 Å². The Morgan fingerprint density at radius 3 is 2.45 bits per heavy atom. The highest BCUT2D eigenvalue weighted by atomic mass is 16.5. The SMILES string of the molecule is CCc1ccc(CNC(=O)Cn2cnc3c([nH]c4cc(OC)c(OC)cc43)c2=O)cc1. The number of benzene rings is 2. The molecule has 0 fully saturated rings. The Kier molecular flexibility index (Phi) is 5.62. The highest BCUT2D eigenvalue weighted by Gasteiger charge is 2.15. The average Bonchev–Trinajstić information content (AvgIpc) is 3.17. The number of hydrogen-bond donors (Lipinski definition) is 2. The predicted octanol–water partition coefficient (Wildman–Crippen LogP) is 2.77. The second-order valence-corrected chi connectivity index (χ2v) is 7.23. The van der Waals surface area contributed by atoms with E-state index in [0.717, 1.165) is 17.4 Å². The number of amides is 1. The van der Waals surface area contributed by atoms with Crippen molar-refractivity contribution in [3.05, 3.63) is 64.2 Å². The largest absolute Gasteiger partial charge is 0.493 e. The lowest BCUT2D eigenvalue weighted by molar-refractivity contribution is -0.121. The van der Waals surface area contributed by atoms with Crippen LogP contribution < -0.4 is 20.3 Å². The minimum absolute atomic E-state index is 0.114. The van der Waals surface area contributed by atoms with E-state index in [1.54, 1.807) is 26.4 Å². The number of fused-ring (bicyclic) bond motifs is 3. The molecule has 0 radical (unpaired) electrons. The van der Waals surface area contributed by atoms with E-state index in [1.807, 2.05) is 24.3 Å². The number of nitrogens with one attached hydrogen (secondary N) is 2. The molecule has 0 unspecified atom stereocenters. The first kappa shape index (κ1) is 20.5. The number of ether oxygens (including phenoxy) is 2. The third-order valence-corrected chi connectivity index (χ3v) is 5.31. The molecule has 0 spiro atoms. The third-order valence-electron chi connectivity index (χ3n) is 5.31. The van der Waals surface area contributed by atoms with Crippen LogP contribution in [0, 0.1) is 0 Å². The Morgan fingerprint density at radius 2 is 1.77 bits per heavy atom. The van der Waals surface area contributed by atoms with Crippen molar-refractivity contribution in [2.24, 2.45) is 0 Å². The first-order chi connectivity index (χ1) is 15.0. The Morgan fingerprint density at radius 1 is 1.10 bits per heavy atom. The van der Waals surface area contributed by atoms with Gasteiger partial charge in [0.05, 0.1) is 26.1 Å². The number of aromatic amines is 1. The number of aryl methyl sites for hydroxylation is 1. The molecule has 0 atom stereocenters. The summed E-state index contributed by atoms with van der Waals surface area (Å²) in [5.74, 6) is 0.837. The summed E-state index contributed by atoms with van der Waals surface area (Å²) in [6.07, 6.45) is 2.36. The van der Waals surface area contributed by atoms with E-state index < -0.39 is 0 Å². The summed E-state index contributed by atoms with van der Waals surface area (Å²) in [6, 6.07) is 11.6. The molecule has 2 aromatic carbocycles. The van der Waals surface area contributed by atoms with E-state index in [4.69, 9.17) is 9.47 Å². The van der Waals surface area contributed by atoms with E-state index in [2.05, 4.69) is 22.2 Å². The average molecular weight is 420 g/mol. The number of methoxy groups -OCH3 is 2. The van der Waals surface area contributed by atoms with Gasteiger partial charge in [-0.05, 0) is 23.6 Å². The maximum atomic E-state index is 12.9. The van der Waals surface area contributed by atoms with Gasteiger partial charge in [0.25, 0.3) is 5.56 Å². The van der Waals surface area contributed by atoms with E-state index in [-0.39, 0.29) is 18.0 Å². The van der Waals surface area contributed by atoms with E-state index in [1.165, 1.54) is 16.5 Å². The van der Waals surface area contributed by atoms with Crippen molar-refractivity contribution in [2.75, 3.05) is 14.2 Å². The molecule has 4 rings (SSSR count). The van der Waals surface area contributed by atoms with Gasteiger partial charge >= 0.3 is 0 Å². The summed E-state index contributed by atoms with van der Waals surface area (Å²) in [6.45, 7) is 2.38. The topological polar surface area (TPSA) is 98.2 Å². The van der Waals surface area contributed by atoms with Gasteiger partial charge in [-0.15, -0.1) is 0 Å². The van der Waals surface area contributed by atoms with Crippen LogP contribution in [0.1, 0.15) is 18.1 Å². The molecule has 2 heterocycles. The number of carbonyl (C=O) groups is 1. The van der Waals surface area contributed by atoms with Crippen LogP contribution in [0.3, 0.4) is 0 Å². The van der Waals surface area contributed by atoms with Gasteiger partial charge in [-0.2, -0.15) is 0 Å². The number of aromatic nitrogens is 3. The van der Waals surface area contributed by atoms with Crippen LogP contribution in [0.15, 0.2) is 47.5 Å². The molecule has 160 valence electrons. The van der Waals surface area contributed by atoms with Crippen molar-refractivity contribution in [3.63, 3.8) is 0 Å². The first-order valence-corrected chi connectivity index (χ1v) is 10.0. The molecular formula is C23H24N4O4. The Hall–Kier alpha value is -3.81. The molecule has 0 aliphatic rings. The highest BCUT2D eigenvalue weighted by molar-refractivity contribution is 6.05. The second-order valence-electron chi connectivity index (χ2n) is 7.23. The summed E-state index contributed by atoms with van der Waals surface area (Å²) < 4.78 is 12.0. The molecule has 0 aliphatic carbocycles. The zero-order valence-electron chi connectivity index (χ0n) is 17.7. The van der Waals surface area contributed by atoms with Crippen LogP contribution in [0.5, 0.6) is 11.5 Å².